The molecule has 2 N–H and O–H groups in total. The van der Waals surface area contributed by atoms with Gasteiger partial charge in [-0.2, -0.15) is 0 Å². The smallest absolute Gasteiger partial charge is 0.261 e. The number of aromatic nitrogens is 1. The monoisotopic (exact) mass is 218 g/mol. The van der Waals surface area contributed by atoms with Crippen LogP contribution in [0.15, 0.2) is 5.38 Å². The Morgan fingerprint density at radius 1 is 1.64 bits per heavy atom. The molecule has 0 spiro atoms. The molecule has 0 aromatic carbocycles. The maximum Gasteiger partial charge on any atom is 0.261 e. The third kappa shape index (κ3) is 1.66. The van der Waals surface area contributed by atoms with Crippen LogP contribution in [0.4, 0.5) is 8.78 Å². The minimum absolute atomic E-state index is 0.319. The molecule has 2 nitrogen and oxygen atoms in total. The number of rotatable bonds is 3. The Kier molecular flexibility index (Phi) is 2.31. The first kappa shape index (κ1) is 9.98. The molecule has 0 amide bonds. The number of nitrogens with zero attached hydrogens (tertiary/aromatic N) is 1. The number of nitrogens with two attached hydrogens (primary N) is 1. The van der Waals surface area contributed by atoms with E-state index in [9.17, 15) is 8.78 Å². The van der Waals surface area contributed by atoms with E-state index in [4.69, 9.17) is 5.73 Å². The van der Waals surface area contributed by atoms with Gasteiger partial charge in [0, 0.05) is 11.3 Å². The predicted molar refractivity (Wildman–Crippen MR) is 51.6 cm³/mol. The zero-order valence-corrected chi connectivity index (χ0v) is 8.65. The van der Waals surface area contributed by atoms with Crippen LogP contribution in [-0.2, 0) is 5.54 Å². The SMILES string of the molecule is CC(N)(c1csc(C2CC2)n1)C(F)F. The summed E-state index contributed by atoms with van der Waals surface area (Å²) in [5.41, 5.74) is 4.22. The van der Waals surface area contributed by atoms with Gasteiger partial charge in [0.15, 0.2) is 0 Å². The highest BCUT2D eigenvalue weighted by atomic mass is 32.1. The van der Waals surface area contributed by atoms with E-state index in [1.807, 2.05) is 0 Å². The topological polar surface area (TPSA) is 38.9 Å². The van der Waals surface area contributed by atoms with E-state index in [0.717, 1.165) is 17.8 Å². The van der Waals surface area contributed by atoms with E-state index in [0.29, 0.717) is 11.6 Å². The summed E-state index contributed by atoms with van der Waals surface area (Å²) < 4.78 is 25.1. The summed E-state index contributed by atoms with van der Waals surface area (Å²) in [6.45, 7) is 1.32. The van der Waals surface area contributed by atoms with E-state index >= 15 is 0 Å². The minimum Gasteiger partial charge on any atom is -0.316 e. The van der Waals surface area contributed by atoms with Gasteiger partial charge in [0.2, 0.25) is 0 Å². The molecule has 1 aromatic rings. The van der Waals surface area contributed by atoms with E-state index in [-0.39, 0.29) is 0 Å². The van der Waals surface area contributed by atoms with Crippen molar-refractivity contribution in [2.75, 3.05) is 0 Å². The van der Waals surface area contributed by atoms with Crippen molar-refractivity contribution in [3.8, 4) is 0 Å². The summed E-state index contributed by atoms with van der Waals surface area (Å²) in [5, 5.41) is 2.61. The molecule has 1 atom stereocenters. The molecule has 1 aromatic heterocycles. The molecule has 14 heavy (non-hydrogen) atoms. The molecule has 2 rings (SSSR count). The van der Waals surface area contributed by atoms with Gasteiger partial charge in [-0.25, -0.2) is 13.8 Å². The van der Waals surface area contributed by atoms with Gasteiger partial charge in [-0.15, -0.1) is 11.3 Å². The Morgan fingerprint density at radius 2 is 2.29 bits per heavy atom. The van der Waals surface area contributed by atoms with Gasteiger partial charge >= 0.3 is 0 Å². The molecular formula is C9H12F2N2S. The highest BCUT2D eigenvalue weighted by Crippen LogP contribution is 2.42. The lowest BCUT2D eigenvalue weighted by Gasteiger charge is -2.20. The second-order valence-electron chi connectivity index (χ2n) is 3.93. The predicted octanol–water partition coefficient (Wildman–Crippen LogP) is 2.46. The maximum atomic E-state index is 12.6. The number of halogens is 2. The second kappa shape index (κ2) is 3.24. The Balaban J connectivity index is 2.22. The number of hydrogen-bond donors (Lipinski definition) is 1. The minimum atomic E-state index is -2.57. The van der Waals surface area contributed by atoms with Gasteiger partial charge in [-0.1, -0.05) is 0 Å². The maximum absolute atomic E-state index is 12.6. The van der Waals surface area contributed by atoms with Gasteiger partial charge < -0.3 is 5.73 Å². The molecule has 0 aliphatic heterocycles. The molecular weight excluding hydrogens is 206 g/mol. The molecule has 1 aliphatic carbocycles. The van der Waals surface area contributed by atoms with Crippen LogP contribution < -0.4 is 5.73 Å². The van der Waals surface area contributed by atoms with E-state index < -0.39 is 12.0 Å². The van der Waals surface area contributed by atoms with E-state index in [2.05, 4.69) is 4.98 Å². The molecule has 1 unspecified atom stereocenters. The average molecular weight is 218 g/mol. The zero-order valence-electron chi connectivity index (χ0n) is 7.84. The van der Waals surface area contributed by atoms with E-state index in [1.165, 1.54) is 18.3 Å². The van der Waals surface area contributed by atoms with Crippen LogP contribution in [-0.4, -0.2) is 11.4 Å². The lowest BCUT2D eigenvalue weighted by molar-refractivity contribution is 0.0604. The summed E-state index contributed by atoms with van der Waals surface area (Å²) >= 11 is 1.44. The second-order valence-corrected chi connectivity index (χ2v) is 4.82. The fourth-order valence-electron chi connectivity index (χ4n) is 1.16. The number of thiazole rings is 1. The van der Waals surface area contributed by atoms with Crippen molar-refractivity contribution in [2.45, 2.75) is 37.6 Å². The Labute approximate surface area is 85.1 Å². The standard InChI is InChI=1S/C9H12F2N2S/c1-9(12,8(10)11)6-4-14-7(13-6)5-2-3-5/h4-5,8H,2-3,12H2,1H3. The fourth-order valence-corrected chi connectivity index (χ4v) is 2.28. The van der Waals surface area contributed by atoms with Crippen LogP contribution in [0.5, 0.6) is 0 Å². The van der Waals surface area contributed by atoms with Gasteiger partial charge in [0.05, 0.1) is 10.7 Å². The van der Waals surface area contributed by atoms with Gasteiger partial charge in [-0.05, 0) is 19.8 Å². The molecule has 0 radical (unpaired) electrons. The van der Waals surface area contributed by atoms with E-state index in [1.54, 1.807) is 5.38 Å². The molecule has 0 bridgehead atoms. The molecule has 1 fully saturated rings. The van der Waals surface area contributed by atoms with Gasteiger partial charge in [0.25, 0.3) is 6.43 Å². The Hall–Kier alpha value is -0.550. The molecule has 0 saturated heterocycles. The van der Waals surface area contributed by atoms with Crippen LogP contribution in [0.25, 0.3) is 0 Å². The Morgan fingerprint density at radius 3 is 2.79 bits per heavy atom. The molecule has 78 valence electrons. The first-order chi connectivity index (χ1) is 6.51. The average Bonchev–Trinajstić information content (AvgIpc) is 2.83. The normalized spacial score (nSPS) is 21.2. The van der Waals surface area contributed by atoms with Crippen LogP contribution in [0.1, 0.15) is 36.4 Å². The molecule has 1 heterocycles. The molecule has 5 heteroatoms. The summed E-state index contributed by atoms with van der Waals surface area (Å²) in [6.07, 6.45) is -0.317. The zero-order chi connectivity index (χ0) is 10.3. The highest BCUT2D eigenvalue weighted by molar-refractivity contribution is 7.09. The summed E-state index contributed by atoms with van der Waals surface area (Å²) in [4.78, 5) is 4.18. The van der Waals surface area contributed by atoms with Crippen LogP contribution >= 0.6 is 11.3 Å². The first-order valence-corrected chi connectivity index (χ1v) is 5.42. The number of alkyl halides is 2. The van der Waals surface area contributed by atoms with Crippen molar-refractivity contribution < 1.29 is 8.78 Å². The lowest BCUT2D eigenvalue weighted by atomic mass is 10.0. The Bertz CT molecular complexity index is 331. The van der Waals surface area contributed by atoms with Crippen molar-refractivity contribution in [3.05, 3.63) is 16.1 Å². The van der Waals surface area contributed by atoms with Crippen molar-refractivity contribution >= 4 is 11.3 Å². The third-order valence-electron chi connectivity index (χ3n) is 2.45. The fraction of sp³-hybridized carbons (Fsp3) is 0.667. The van der Waals surface area contributed by atoms with Crippen molar-refractivity contribution in [1.82, 2.24) is 4.98 Å². The van der Waals surface area contributed by atoms with Crippen molar-refractivity contribution in [1.29, 1.82) is 0 Å². The lowest BCUT2D eigenvalue weighted by Crippen LogP contribution is -2.40. The summed E-state index contributed by atoms with van der Waals surface area (Å²) in [7, 11) is 0. The van der Waals surface area contributed by atoms with Crippen LogP contribution in [0.3, 0.4) is 0 Å². The first-order valence-electron chi connectivity index (χ1n) is 4.54. The van der Waals surface area contributed by atoms with Gasteiger partial charge in [-0.3, -0.25) is 0 Å². The summed E-state index contributed by atoms with van der Waals surface area (Å²) in [5.74, 6) is 0.502. The molecule has 1 saturated carbocycles. The molecule has 1 aliphatic rings. The number of hydrogen-bond acceptors (Lipinski definition) is 3. The quantitative estimate of drug-likeness (QED) is 0.846. The highest BCUT2D eigenvalue weighted by Gasteiger charge is 2.36. The van der Waals surface area contributed by atoms with Crippen molar-refractivity contribution in [2.24, 2.45) is 5.73 Å². The van der Waals surface area contributed by atoms with Crippen LogP contribution in [0.2, 0.25) is 0 Å². The summed E-state index contributed by atoms with van der Waals surface area (Å²) in [6, 6.07) is 0. The largest absolute Gasteiger partial charge is 0.316 e. The van der Waals surface area contributed by atoms with Crippen LogP contribution in [0, 0.1) is 0 Å². The van der Waals surface area contributed by atoms with Gasteiger partial charge in [0.1, 0.15) is 5.54 Å². The third-order valence-corrected chi connectivity index (χ3v) is 3.46. The van der Waals surface area contributed by atoms with Crippen molar-refractivity contribution in [3.63, 3.8) is 0 Å².